The lowest BCUT2D eigenvalue weighted by Crippen LogP contribution is -2.08. The van der Waals surface area contributed by atoms with Crippen LogP contribution in [-0.2, 0) is 22.2 Å². The van der Waals surface area contributed by atoms with Gasteiger partial charge in [0, 0.05) is 18.0 Å². The molecule has 4 rings (SSSR count). The summed E-state index contributed by atoms with van der Waals surface area (Å²) < 4.78 is 105. The van der Waals surface area contributed by atoms with E-state index in [-0.39, 0.29) is 38.9 Å². The van der Waals surface area contributed by atoms with Crippen molar-refractivity contribution in [3.63, 3.8) is 0 Å². The van der Waals surface area contributed by atoms with Crippen LogP contribution in [-0.4, -0.2) is 33.8 Å². The number of fused-ring (bicyclic) bond motifs is 1. The van der Waals surface area contributed by atoms with Gasteiger partial charge in [-0.2, -0.15) is 26.3 Å². The Labute approximate surface area is 188 Å². The zero-order valence-electron chi connectivity index (χ0n) is 17.2. The molecule has 0 radical (unpaired) electrons. The maximum Gasteiger partial charge on any atom is 0.417 e. The summed E-state index contributed by atoms with van der Waals surface area (Å²) in [6.07, 6.45) is -7.36. The van der Waals surface area contributed by atoms with Crippen molar-refractivity contribution in [3.8, 4) is 22.6 Å². The molecule has 13 heteroatoms. The normalized spacial score (nSPS) is 12.9. The molecule has 0 aliphatic rings. The molecule has 4 aromatic rings. The lowest BCUT2D eigenvalue weighted by molar-refractivity contribution is -0.138. The first kappa shape index (κ1) is 23.7. The fraction of sp³-hybridized carbons (Fsp3) is 0.190. The summed E-state index contributed by atoms with van der Waals surface area (Å²) >= 11 is 0. The number of sulfone groups is 1. The average Bonchev–Trinajstić information content (AvgIpc) is 3.21. The Morgan fingerprint density at radius 1 is 0.912 bits per heavy atom. The molecule has 3 heterocycles. The van der Waals surface area contributed by atoms with E-state index in [1.165, 1.54) is 19.1 Å². The van der Waals surface area contributed by atoms with Gasteiger partial charge >= 0.3 is 12.4 Å². The number of benzene rings is 1. The third kappa shape index (κ3) is 4.47. The van der Waals surface area contributed by atoms with Crippen molar-refractivity contribution in [2.45, 2.75) is 24.2 Å². The van der Waals surface area contributed by atoms with E-state index >= 15 is 0 Å². The third-order valence-electron chi connectivity index (χ3n) is 4.96. The van der Waals surface area contributed by atoms with E-state index in [1.54, 1.807) is 0 Å². The Kier molecular flexibility index (Phi) is 5.62. The van der Waals surface area contributed by atoms with Crippen molar-refractivity contribution in [3.05, 3.63) is 66.0 Å². The largest absolute Gasteiger partial charge is 0.417 e. The standard InChI is InChI=1S/C21H14F6N4O2S/c1-2-34(32,33)16-9-13(12-4-3-5-14(8-12)20(22,23)24)10-28-18(16)19-29-17-7-6-15(21(25,26)27)11-31(17)30-19/h3-11H,2H2,1H3. The number of pyridine rings is 2. The van der Waals surface area contributed by atoms with E-state index in [4.69, 9.17) is 0 Å². The van der Waals surface area contributed by atoms with Gasteiger partial charge in [0.25, 0.3) is 0 Å². The molecule has 0 saturated heterocycles. The molecular weight excluding hydrogens is 486 g/mol. The summed E-state index contributed by atoms with van der Waals surface area (Å²) in [6, 6.07) is 7.33. The van der Waals surface area contributed by atoms with Crippen LogP contribution in [0.5, 0.6) is 0 Å². The predicted molar refractivity (Wildman–Crippen MR) is 109 cm³/mol. The van der Waals surface area contributed by atoms with E-state index < -0.39 is 33.3 Å². The van der Waals surface area contributed by atoms with Crippen LogP contribution in [0.25, 0.3) is 28.3 Å². The van der Waals surface area contributed by atoms with Crippen molar-refractivity contribution in [1.29, 1.82) is 0 Å². The molecule has 6 nitrogen and oxygen atoms in total. The summed E-state index contributed by atoms with van der Waals surface area (Å²) in [5.41, 5.74) is -1.92. The monoisotopic (exact) mass is 500 g/mol. The van der Waals surface area contributed by atoms with E-state index in [0.29, 0.717) is 6.20 Å². The van der Waals surface area contributed by atoms with Gasteiger partial charge in [-0.25, -0.2) is 17.9 Å². The summed E-state index contributed by atoms with van der Waals surface area (Å²) in [5.74, 6) is -0.610. The summed E-state index contributed by atoms with van der Waals surface area (Å²) in [7, 11) is -3.97. The van der Waals surface area contributed by atoms with Crippen LogP contribution in [0.3, 0.4) is 0 Å². The number of halogens is 6. The number of hydrogen-bond acceptors (Lipinski definition) is 5. The number of aromatic nitrogens is 4. The van der Waals surface area contributed by atoms with Crippen LogP contribution in [0.15, 0.2) is 59.8 Å². The number of hydrogen-bond donors (Lipinski definition) is 0. The maximum atomic E-state index is 13.1. The van der Waals surface area contributed by atoms with Gasteiger partial charge in [0.15, 0.2) is 15.5 Å². The Bertz CT molecular complexity index is 1490. The smallest absolute Gasteiger partial charge is 0.251 e. The molecule has 0 aliphatic heterocycles. The van der Waals surface area contributed by atoms with Crippen molar-refractivity contribution >= 4 is 15.5 Å². The quantitative estimate of drug-likeness (QED) is 0.356. The lowest BCUT2D eigenvalue weighted by Gasteiger charge is -2.11. The molecular formula is C21H14F6N4O2S. The fourth-order valence-corrected chi connectivity index (χ4v) is 4.25. The molecule has 3 aromatic heterocycles. The number of nitrogens with zero attached hydrogens (tertiary/aromatic N) is 4. The lowest BCUT2D eigenvalue weighted by atomic mass is 10.0. The molecule has 0 N–H and O–H groups in total. The minimum Gasteiger partial charge on any atom is -0.251 e. The molecule has 0 amide bonds. The predicted octanol–water partition coefficient (Wildman–Crippen LogP) is 5.29. The van der Waals surface area contributed by atoms with Crippen molar-refractivity contribution in [1.82, 2.24) is 19.6 Å². The maximum absolute atomic E-state index is 13.1. The van der Waals surface area contributed by atoms with Crippen LogP contribution in [0.1, 0.15) is 18.1 Å². The van der Waals surface area contributed by atoms with E-state index in [1.807, 2.05) is 0 Å². The second-order valence-corrected chi connectivity index (χ2v) is 9.45. The van der Waals surface area contributed by atoms with E-state index in [9.17, 15) is 34.8 Å². The second kappa shape index (κ2) is 8.08. The molecule has 0 saturated carbocycles. The molecule has 0 atom stereocenters. The summed E-state index contributed by atoms with van der Waals surface area (Å²) in [5, 5.41) is 3.94. The van der Waals surface area contributed by atoms with Gasteiger partial charge in [0.05, 0.1) is 21.8 Å². The first-order valence-corrected chi connectivity index (χ1v) is 11.3. The Morgan fingerprint density at radius 2 is 1.62 bits per heavy atom. The van der Waals surface area contributed by atoms with Crippen LogP contribution in [0.4, 0.5) is 26.3 Å². The van der Waals surface area contributed by atoms with Gasteiger partial charge in [-0.15, -0.1) is 5.10 Å². The van der Waals surface area contributed by atoms with Crippen LogP contribution < -0.4 is 0 Å². The van der Waals surface area contributed by atoms with Gasteiger partial charge in [0.1, 0.15) is 5.69 Å². The van der Waals surface area contributed by atoms with E-state index in [2.05, 4.69) is 15.1 Å². The minimum absolute atomic E-state index is 0.0200. The Hall–Kier alpha value is -3.48. The average molecular weight is 500 g/mol. The molecule has 0 aliphatic carbocycles. The molecule has 0 bridgehead atoms. The Balaban J connectivity index is 1.88. The van der Waals surface area contributed by atoms with Crippen LogP contribution in [0.2, 0.25) is 0 Å². The molecule has 0 spiro atoms. The minimum atomic E-state index is -4.62. The van der Waals surface area contributed by atoms with Gasteiger partial charge in [-0.05, 0) is 35.9 Å². The van der Waals surface area contributed by atoms with Crippen molar-refractivity contribution in [2.24, 2.45) is 0 Å². The van der Waals surface area contributed by atoms with Gasteiger partial charge in [-0.1, -0.05) is 19.1 Å². The SMILES string of the molecule is CCS(=O)(=O)c1cc(-c2cccc(C(F)(F)F)c2)cnc1-c1nc2ccc(C(F)(F)F)cn2n1. The highest BCUT2D eigenvalue weighted by atomic mass is 32.2. The Morgan fingerprint density at radius 3 is 2.26 bits per heavy atom. The molecule has 178 valence electrons. The molecule has 0 fully saturated rings. The third-order valence-corrected chi connectivity index (χ3v) is 6.70. The van der Waals surface area contributed by atoms with Gasteiger partial charge in [0.2, 0.25) is 5.82 Å². The van der Waals surface area contributed by atoms with Crippen LogP contribution >= 0.6 is 0 Å². The summed E-state index contributed by atoms with van der Waals surface area (Å²) in [4.78, 5) is 7.80. The number of rotatable bonds is 4. The number of alkyl halides is 6. The highest BCUT2D eigenvalue weighted by Gasteiger charge is 2.32. The van der Waals surface area contributed by atoms with Gasteiger partial charge in [-0.3, -0.25) is 4.98 Å². The first-order valence-electron chi connectivity index (χ1n) is 9.64. The first-order chi connectivity index (χ1) is 15.8. The highest BCUT2D eigenvalue weighted by molar-refractivity contribution is 7.91. The summed E-state index contributed by atoms with van der Waals surface area (Å²) in [6.45, 7) is 1.36. The van der Waals surface area contributed by atoms with Crippen molar-refractivity contribution in [2.75, 3.05) is 5.75 Å². The second-order valence-electron chi connectivity index (χ2n) is 7.21. The topological polar surface area (TPSA) is 77.2 Å². The molecule has 0 unspecified atom stereocenters. The molecule has 1 aromatic carbocycles. The highest BCUT2D eigenvalue weighted by Crippen LogP contribution is 2.34. The van der Waals surface area contributed by atoms with E-state index in [0.717, 1.165) is 41.0 Å². The zero-order chi connectivity index (χ0) is 24.9. The fourth-order valence-electron chi connectivity index (χ4n) is 3.19. The zero-order valence-corrected chi connectivity index (χ0v) is 18.0. The van der Waals surface area contributed by atoms with Crippen LogP contribution in [0, 0.1) is 0 Å². The van der Waals surface area contributed by atoms with Gasteiger partial charge < -0.3 is 0 Å². The van der Waals surface area contributed by atoms with Crippen molar-refractivity contribution < 1.29 is 34.8 Å². The molecule has 34 heavy (non-hydrogen) atoms.